The number of fused-ring (bicyclic) bond motifs is 20. The third-order valence-corrected chi connectivity index (χ3v) is 15.4. The van der Waals surface area contributed by atoms with Crippen LogP contribution in [0.5, 0.6) is 0 Å². The molecule has 0 atom stereocenters. The molecule has 0 N–H and O–H groups in total. The van der Waals surface area contributed by atoms with E-state index < -0.39 is 5.41 Å². The Bertz CT molecular complexity index is 4180. The second-order valence-corrected chi connectivity index (χ2v) is 18.6. The van der Waals surface area contributed by atoms with Gasteiger partial charge in [-0.2, -0.15) is 0 Å². The van der Waals surface area contributed by atoms with Crippen molar-refractivity contribution in [3.8, 4) is 55.6 Å². The first kappa shape index (κ1) is 36.7. The number of hydrogen-bond donors (Lipinski definition) is 0. The minimum absolute atomic E-state index is 0.496. The summed E-state index contributed by atoms with van der Waals surface area (Å²) in [6, 6.07) is 91.4. The third-order valence-electron chi connectivity index (χ3n) is 15.4. The van der Waals surface area contributed by atoms with Crippen LogP contribution in [0.1, 0.15) is 22.3 Å². The number of hydrogen-bond acceptors (Lipinski definition) is 0. The zero-order valence-electron chi connectivity index (χ0n) is 36.6. The zero-order chi connectivity index (χ0) is 43.8. The minimum Gasteiger partial charge on any atom is -0.0619 e. The largest absolute Gasteiger partial charge is 0.0737 e. The first-order chi connectivity index (χ1) is 33.3. The van der Waals surface area contributed by atoms with Crippen molar-refractivity contribution in [2.75, 3.05) is 0 Å². The lowest BCUT2D eigenvalue weighted by Crippen LogP contribution is -2.26. The molecule has 0 saturated heterocycles. The maximum Gasteiger partial charge on any atom is 0.0737 e. The molecule has 0 nitrogen and oxygen atoms in total. The van der Waals surface area contributed by atoms with Crippen LogP contribution in [0.3, 0.4) is 0 Å². The molecule has 0 aliphatic heterocycles. The molecule has 13 aromatic carbocycles. The van der Waals surface area contributed by atoms with Crippen molar-refractivity contribution in [2.24, 2.45) is 0 Å². The van der Waals surface area contributed by atoms with E-state index in [1.54, 1.807) is 0 Å². The first-order valence-electron chi connectivity index (χ1n) is 23.5. The van der Waals surface area contributed by atoms with E-state index >= 15 is 0 Å². The second kappa shape index (κ2) is 13.7. The summed E-state index contributed by atoms with van der Waals surface area (Å²) in [6.07, 6.45) is 0. The summed E-state index contributed by atoms with van der Waals surface area (Å²) in [4.78, 5) is 0. The van der Waals surface area contributed by atoms with E-state index in [9.17, 15) is 0 Å². The average molecular weight is 845 g/mol. The predicted octanol–water partition coefficient (Wildman–Crippen LogP) is 18.0. The molecule has 67 heavy (non-hydrogen) atoms. The predicted molar refractivity (Wildman–Crippen MR) is 284 cm³/mol. The Hall–Kier alpha value is -8.58. The van der Waals surface area contributed by atoms with Gasteiger partial charge in [0.15, 0.2) is 0 Å². The van der Waals surface area contributed by atoms with E-state index in [1.165, 1.54) is 143 Å². The molecule has 13 aromatic rings. The lowest BCUT2D eigenvalue weighted by atomic mass is 9.68. The van der Waals surface area contributed by atoms with Crippen LogP contribution < -0.4 is 0 Å². The fourth-order valence-electron chi connectivity index (χ4n) is 12.8. The van der Waals surface area contributed by atoms with Crippen molar-refractivity contribution in [3.63, 3.8) is 0 Å². The number of rotatable bonds is 3. The molecule has 0 fully saturated rings. The highest BCUT2D eigenvalue weighted by Crippen LogP contribution is 2.66. The van der Waals surface area contributed by atoms with Crippen LogP contribution in [0, 0.1) is 0 Å². The van der Waals surface area contributed by atoms with Gasteiger partial charge in [0.25, 0.3) is 0 Å². The Morgan fingerprint density at radius 3 is 1.31 bits per heavy atom. The van der Waals surface area contributed by atoms with Gasteiger partial charge in [0.1, 0.15) is 0 Å². The second-order valence-electron chi connectivity index (χ2n) is 18.6. The smallest absolute Gasteiger partial charge is 0.0619 e. The van der Waals surface area contributed by atoms with Crippen LogP contribution in [-0.4, -0.2) is 0 Å². The van der Waals surface area contributed by atoms with E-state index in [2.05, 4.69) is 243 Å². The van der Waals surface area contributed by atoms with Gasteiger partial charge in [-0.25, -0.2) is 0 Å². The molecule has 0 bridgehead atoms. The summed E-state index contributed by atoms with van der Waals surface area (Å²) in [7, 11) is 0. The average Bonchev–Trinajstić information content (AvgIpc) is 3.88. The highest BCUT2D eigenvalue weighted by Gasteiger charge is 2.53. The maximum absolute atomic E-state index is 2.44. The monoisotopic (exact) mass is 844 g/mol. The summed E-state index contributed by atoms with van der Waals surface area (Å²) in [5.41, 5.74) is 17.8. The molecular formula is C67H40. The third kappa shape index (κ3) is 4.92. The standard InChI is InChI=1S/C67H40/c1-2-17-42-39-47(33-32-41(42)16-1)63-56-27-8-6-25-54(56)62(55-26-7-9-28-57(55)63)46-19-15-18-43(40-46)44-34-36-48-45(38-44)35-37-59-64-53-24-5-3-20-49(53)50-21-4-10-29-58(50)66(64)67(65(48)59)60-30-13-11-22-51(60)52-23-12-14-31-61(52)67/h1-40H. The van der Waals surface area contributed by atoms with Gasteiger partial charge < -0.3 is 0 Å². The van der Waals surface area contributed by atoms with Crippen molar-refractivity contribution < 1.29 is 0 Å². The summed E-state index contributed by atoms with van der Waals surface area (Å²) >= 11 is 0. The molecule has 0 saturated carbocycles. The normalized spacial score (nSPS) is 13.2. The van der Waals surface area contributed by atoms with Gasteiger partial charge in [0.05, 0.1) is 5.41 Å². The molecule has 0 aromatic heterocycles. The van der Waals surface area contributed by atoms with Gasteiger partial charge in [0, 0.05) is 0 Å². The quantitative estimate of drug-likeness (QED) is 0.123. The van der Waals surface area contributed by atoms with Crippen LogP contribution in [0.15, 0.2) is 243 Å². The maximum atomic E-state index is 2.44. The highest BCUT2D eigenvalue weighted by molar-refractivity contribution is 6.23. The van der Waals surface area contributed by atoms with Crippen molar-refractivity contribution in [1.29, 1.82) is 0 Å². The Labute approximate surface area is 388 Å². The lowest BCUT2D eigenvalue weighted by Gasteiger charge is -2.32. The summed E-state index contributed by atoms with van der Waals surface area (Å²) in [5, 5.41) is 15.4. The summed E-state index contributed by atoms with van der Waals surface area (Å²) in [5.74, 6) is 0. The molecule has 0 heterocycles. The van der Waals surface area contributed by atoms with Crippen molar-refractivity contribution in [3.05, 3.63) is 265 Å². The topological polar surface area (TPSA) is 0 Å². The lowest BCUT2D eigenvalue weighted by molar-refractivity contribution is 0.809. The highest BCUT2D eigenvalue weighted by atomic mass is 14.5. The molecule has 0 radical (unpaired) electrons. The van der Waals surface area contributed by atoms with Gasteiger partial charge >= 0.3 is 0 Å². The van der Waals surface area contributed by atoms with E-state index in [0.717, 1.165) is 0 Å². The Morgan fingerprint density at radius 1 is 0.209 bits per heavy atom. The summed E-state index contributed by atoms with van der Waals surface area (Å²) < 4.78 is 0. The van der Waals surface area contributed by atoms with E-state index in [1.807, 2.05) is 0 Å². The molecule has 2 aliphatic rings. The molecule has 1 spiro atoms. The van der Waals surface area contributed by atoms with E-state index in [-0.39, 0.29) is 0 Å². The van der Waals surface area contributed by atoms with Gasteiger partial charge in [-0.05, 0) is 161 Å². The van der Waals surface area contributed by atoms with Gasteiger partial charge in [-0.15, -0.1) is 0 Å². The molecule has 0 heteroatoms. The molecule has 0 unspecified atom stereocenters. The van der Waals surface area contributed by atoms with Gasteiger partial charge in [-0.1, -0.05) is 224 Å². The molecule has 0 amide bonds. The van der Waals surface area contributed by atoms with Crippen LogP contribution in [0.4, 0.5) is 0 Å². The van der Waals surface area contributed by atoms with Crippen LogP contribution >= 0.6 is 0 Å². The molecule has 308 valence electrons. The van der Waals surface area contributed by atoms with Crippen molar-refractivity contribution >= 4 is 64.6 Å². The van der Waals surface area contributed by atoms with Crippen molar-refractivity contribution in [1.82, 2.24) is 0 Å². The van der Waals surface area contributed by atoms with Crippen LogP contribution in [-0.2, 0) is 5.41 Å². The zero-order valence-corrected chi connectivity index (χ0v) is 36.6. The molecule has 15 rings (SSSR count). The summed E-state index contributed by atoms with van der Waals surface area (Å²) in [6.45, 7) is 0. The Morgan fingerprint density at radius 2 is 0.657 bits per heavy atom. The van der Waals surface area contributed by atoms with Gasteiger partial charge in [0.2, 0.25) is 0 Å². The van der Waals surface area contributed by atoms with Crippen LogP contribution in [0.2, 0.25) is 0 Å². The van der Waals surface area contributed by atoms with E-state index in [4.69, 9.17) is 0 Å². The van der Waals surface area contributed by atoms with Crippen LogP contribution in [0.25, 0.3) is 120 Å². The minimum atomic E-state index is -0.496. The Balaban J connectivity index is 0.956. The fraction of sp³-hybridized carbons (Fsp3) is 0.0149. The van der Waals surface area contributed by atoms with E-state index in [0.29, 0.717) is 0 Å². The fourth-order valence-corrected chi connectivity index (χ4v) is 12.8. The first-order valence-corrected chi connectivity index (χ1v) is 23.5. The van der Waals surface area contributed by atoms with Gasteiger partial charge in [-0.3, -0.25) is 0 Å². The number of benzene rings is 13. The van der Waals surface area contributed by atoms with Crippen molar-refractivity contribution in [2.45, 2.75) is 5.41 Å². The molecule has 2 aliphatic carbocycles. The molecular weight excluding hydrogens is 805 g/mol. The SMILES string of the molecule is c1cc(-c2ccc3c4c(ccc3c2)-c2c(c3ccccc3c3ccccc23)C42c3ccccc3-c3ccccc32)cc(-c2c3ccccc3c(-c3ccc4ccccc4c3)c3ccccc23)c1. The Kier molecular flexibility index (Phi) is 7.52.